The van der Waals surface area contributed by atoms with Crippen LogP contribution in [-0.2, 0) is 9.53 Å². The fourth-order valence-corrected chi connectivity index (χ4v) is 4.13. The molecule has 2 saturated heterocycles. The normalized spacial score (nSPS) is 37.1. The van der Waals surface area contributed by atoms with E-state index in [0.29, 0.717) is 37.8 Å². The quantitative estimate of drug-likeness (QED) is 0.869. The monoisotopic (exact) mass is 321 g/mol. The molecule has 7 nitrogen and oxygen atoms in total. The number of aryl methyl sites for hydroxylation is 1. The Labute approximate surface area is 135 Å². The van der Waals surface area contributed by atoms with E-state index in [1.54, 1.807) is 6.92 Å². The number of carbonyl (C=O) groups is 1. The minimum atomic E-state index is -0.298. The summed E-state index contributed by atoms with van der Waals surface area (Å²) in [5.74, 6) is 1.81. The van der Waals surface area contributed by atoms with Gasteiger partial charge in [-0.15, -0.1) is 10.2 Å². The van der Waals surface area contributed by atoms with E-state index in [1.807, 2.05) is 4.90 Å². The van der Waals surface area contributed by atoms with Crippen molar-refractivity contribution in [2.75, 3.05) is 19.7 Å². The molecule has 1 aromatic rings. The van der Waals surface area contributed by atoms with Crippen molar-refractivity contribution in [3.05, 3.63) is 11.8 Å². The van der Waals surface area contributed by atoms with Crippen molar-refractivity contribution < 1.29 is 19.1 Å². The topological polar surface area (TPSA) is 88.7 Å². The molecule has 126 valence electrons. The first-order valence-corrected chi connectivity index (χ1v) is 8.50. The van der Waals surface area contributed by atoms with Gasteiger partial charge in [-0.3, -0.25) is 4.79 Å². The van der Waals surface area contributed by atoms with Crippen LogP contribution < -0.4 is 0 Å². The Balaban J connectivity index is 1.48. The Kier molecular flexibility index (Phi) is 3.85. The summed E-state index contributed by atoms with van der Waals surface area (Å²) in [5.41, 5.74) is 0. The van der Waals surface area contributed by atoms with Crippen molar-refractivity contribution in [3.8, 4) is 0 Å². The Hall–Kier alpha value is -1.47. The van der Waals surface area contributed by atoms with E-state index in [0.717, 1.165) is 19.4 Å². The number of carbonyl (C=O) groups excluding carboxylic acids is 1. The second-order valence-electron chi connectivity index (χ2n) is 7.02. The van der Waals surface area contributed by atoms with E-state index in [1.165, 1.54) is 0 Å². The van der Waals surface area contributed by atoms with Gasteiger partial charge < -0.3 is 19.2 Å². The van der Waals surface area contributed by atoms with Crippen LogP contribution in [0.25, 0.3) is 0 Å². The van der Waals surface area contributed by atoms with E-state index >= 15 is 0 Å². The molecule has 2 aliphatic heterocycles. The van der Waals surface area contributed by atoms with Crippen molar-refractivity contribution in [1.29, 1.82) is 0 Å². The zero-order valence-electron chi connectivity index (χ0n) is 13.4. The summed E-state index contributed by atoms with van der Waals surface area (Å²) in [5, 5.41) is 17.6. The van der Waals surface area contributed by atoms with Crippen molar-refractivity contribution in [2.24, 2.45) is 11.8 Å². The number of piperidine rings is 1. The smallest absolute Gasteiger partial charge is 0.225 e. The SMILES string of the molecule is Cc1nnc([C@@H]2CCO[C@@H]3CCN(C(=O)C4CC(O)C4)C[C@@H]32)o1. The van der Waals surface area contributed by atoms with Gasteiger partial charge in [0, 0.05) is 44.4 Å². The maximum absolute atomic E-state index is 12.6. The molecular formula is C16H23N3O4. The number of hydrogen-bond acceptors (Lipinski definition) is 6. The fourth-order valence-electron chi connectivity index (χ4n) is 4.13. The van der Waals surface area contributed by atoms with Gasteiger partial charge in [-0.2, -0.15) is 0 Å². The zero-order chi connectivity index (χ0) is 16.0. The number of aromatic nitrogens is 2. The second-order valence-corrected chi connectivity index (χ2v) is 7.02. The lowest BCUT2D eigenvalue weighted by atomic mass is 9.77. The van der Waals surface area contributed by atoms with E-state index in [4.69, 9.17) is 9.15 Å². The lowest BCUT2D eigenvalue weighted by molar-refractivity contribution is -0.150. The van der Waals surface area contributed by atoms with Crippen LogP contribution in [0.3, 0.4) is 0 Å². The molecule has 3 atom stereocenters. The third kappa shape index (κ3) is 2.76. The molecule has 3 fully saturated rings. The highest BCUT2D eigenvalue weighted by atomic mass is 16.5. The molecule has 0 spiro atoms. The van der Waals surface area contributed by atoms with Gasteiger partial charge in [-0.05, 0) is 25.7 Å². The molecule has 4 rings (SSSR count). The minimum Gasteiger partial charge on any atom is -0.425 e. The van der Waals surface area contributed by atoms with Crippen LogP contribution in [0.2, 0.25) is 0 Å². The van der Waals surface area contributed by atoms with Gasteiger partial charge in [-0.1, -0.05) is 0 Å². The summed E-state index contributed by atoms with van der Waals surface area (Å²) < 4.78 is 11.6. The van der Waals surface area contributed by atoms with Crippen LogP contribution in [-0.4, -0.2) is 58.0 Å². The van der Waals surface area contributed by atoms with Crippen molar-refractivity contribution >= 4 is 5.91 Å². The number of amides is 1. The van der Waals surface area contributed by atoms with E-state index in [9.17, 15) is 9.90 Å². The van der Waals surface area contributed by atoms with Gasteiger partial charge in [-0.25, -0.2) is 0 Å². The predicted molar refractivity (Wildman–Crippen MR) is 79.6 cm³/mol. The van der Waals surface area contributed by atoms with Gasteiger partial charge in [0.1, 0.15) is 0 Å². The van der Waals surface area contributed by atoms with Gasteiger partial charge in [0.2, 0.25) is 17.7 Å². The number of nitrogens with zero attached hydrogens (tertiary/aromatic N) is 3. The summed E-state index contributed by atoms with van der Waals surface area (Å²) in [6.45, 7) is 3.92. The molecule has 0 aromatic carbocycles. The van der Waals surface area contributed by atoms with E-state index < -0.39 is 0 Å². The molecule has 7 heteroatoms. The predicted octanol–water partition coefficient (Wildman–Crippen LogP) is 0.870. The number of fused-ring (bicyclic) bond motifs is 1. The largest absolute Gasteiger partial charge is 0.425 e. The summed E-state index contributed by atoms with van der Waals surface area (Å²) in [6, 6.07) is 0. The van der Waals surface area contributed by atoms with Crippen LogP contribution in [0.5, 0.6) is 0 Å². The first-order chi connectivity index (χ1) is 11.1. The molecule has 1 amide bonds. The summed E-state index contributed by atoms with van der Waals surface area (Å²) in [7, 11) is 0. The highest BCUT2D eigenvalue weighted by molar-refractivity contribution is 5.80. The molecule has 3 heterocycles. The number of aliphatic hydroxyl groups excluding tert-OH is 1. The third-order valence-corrected chi connectivity index (χ3v) is 5.50. The van der Waals surface area contributed by atoms with E-state index in [2.05, 4.69) is 10.2 Å². The lowest BCUT2D eigenvalue weighted by Gasteiger charge is -2.45. The molecule has 0 unspecified atom stereocenters. The van der Waals surface area contributed by atoms with Gasteiger partial charge in [0.05, 0.1) is 12.2 Å². The molecule has 23 heavy (non-hydrogen) atoms. The lowest BCUT2D eigenvalue weighted by Crippen LogP contribution is -2.53. The Morgan fingerprint density at radius 3 is 2.83 bits per heavy atom. The fraction of sp³-hybridized carbons (Fsp3) is 0.812. The van der Waals surface area contributed by atoms with Crippen LogP contribution in [0, 0.1) is 18.8 Å². The van der Waals surface area contributed by atoms with E-state index in [-0.39, 0.29) is 35.9 Å². The first-order valence-electron chi connectivity index (χ1n) is 8.50. The minimum absolute atomic E-state index is 0.00448. The molecule has 1 N–H and O–H groups in total. The highest BCUT2D eigenvalue weighted by Crippen LogP contribution is 2.40. The van der Waals surface area contributed by atoms with Crippen LogP contribution >= 0.6 is 0 Å². The Morgan fingerprint density at radius 1 is 1.30 bits per heavy atom. The van der Waals surface area contributed by atoms with Crippen LogP contribution in [0.4, 0.5) is 0 Å². The highest BCUT2D eigenvalue weighted by Gasteiger charge is 2.44. The second kappa shape index (κ2) is 5.87. The molecule has 3 aliphatic rings. The number of likely N-dealkylation sites (tertiary alicyclic amines) is 1. The molecular weight excluding hydrogens is 298 g/mol. The van der Waals surface area contributed by atoms with Crippen molar-refractivity contribution in [3.63, 3.8) is 0 Å². The zero-order valence-corrected chi connectivity index (χ0v) is 13.4. The maximum Gasteiger partial charge on any atom is 0.225 e. The summed E-state index contributed by atoms with van der Waals surface area (Å²) in [6.07, 6.45) is 2.78. The van der Waals surface area contributed by atoms with Gasteiger partial charge in [0.25, 0.3) is 0 Å². The molecule has 1 aliphatic carbocycles. The number of ether oxygens (including phenoxy) is 1. The third-order valence-electron chi connectivity index (χ3n) is 5.50. The molecule has 0 radical (unpaired) electrons. The number of rotatable bonds is 2. The molecule has 1 aromatic heterocycles. The average molecular weight is 321 g/mol. The van der Waals surface area contributed by atoms with Crippen molar-refractivity contribution in [2.45, 2.75) is 50.7 Å². The average Bonchev–Trinajstić information content (AvgIpc) is 2.96. The molecule has 0 bridgehead atoms. The standard InChI is InChI=1S/C16H23N3O4/c1-9-17-18-15(23-9)12-3-5-22-14-2-4-19(8-13(12)14)16(21)10-6-11(20)7-10/h10-14,20H,2-8H2,1H3/t10?,11?,12-,13-,14-/m1/s1. The number of aliphatic hydroxyl groups is 1. The Morgan fingerprint density at radius 2 is 2.13 bits per heavy atom. The summed E-state index contributed by atoms with van der Waals surface area (Å²) >= 11 is 0. The maximum atomic E-state index is 12.6. The number of hydrogen-bond donors (Lipinski definition) is 1. The first kappa shape index (κ1) is 15.1. The summed E-state index contributed by atoms with van der Waals surface area (Å²) in [4.78, 5) is 14.5. The van der Waals surface area contributed by atoms with Gasteiger partial charge in [0.15, 0.2) is 0 Å². The molecule has 1 saturated carbocycles. The van der Waals surface area contributed by atoms with Gasteiger partial charge >= 0.3 is 0 Å². The van der Waals surface area contributed by atoms with Crippen molar-refractivity contribution in [1.82, 2.24) is 15.1 Å². The van der Waals surface area contributed by atoms with Crippen LogP contribution in [0.1, 0.15) is 43.4 Å². The Bertz CT molecular complexity index is 584. The van der Waals surface area contributed by atoms with Crippen LogP contribution in [0.15, 0.2) is 4.42 Å².